The number of halogens is 2. The number of thiophene rings is 1. The summed E-state index contributed by atoms with van der Waals surface area (Å²) < 4.78 is 1.24. The Hall–Kier alpha value is 0.390. The smallest absolute Gasteiger partial charge is 0.0342 e. The van der Waals surface area contributed by atoms with Crippen molar-refractivity contribution < 1.29 is 0 Å². The van der Waals surface area contributed by atoms with Crippen LogP contribution in [0.2, 0.25) is 0 Å². The average molecular weight is 340 g/mol. The second-order valence-corrected chi connectivity index (χ2v) is 6.54. The SMILES string of the molecule is CC1CCN(Cc2sccc2Br)C(CN)C1.Cl. The molecule has 17 heavy (non-hydrogen) atoms. The van der Waals surface area contributed by atoms with Crippen LogP contribution in [0.25, 0.3) is 0 Å². The van der Waals surface area contributed by atoms with Gasteiger partial charge in [0.25, 0.3) is 0 Å². The fraction of sp³-hybridized carbons (Fsp3) is 0.667. The van der Waals surface area contributed by atoms with Crippen LogP contribution in [0.4, 0.5) is 0 Å². The molecule has 0 amide bonds. The Morgan fingerprint density at radius 1 is 1.59 bits per heavy atom. The maximum atomic E-state index is 5.87. The van der Waals surface area contributed by atoms with Gasteiger partial charge in [0.1, 0.15) is 0 Å². The first-order valence-corrected chi connectivity index (χ1v) is 7.54. The van der Waals surface area contributed by atoms with Crippen molar-refractivity contribution in [2.75, 3.05) is 13.1 Å². The van der Waals surface area contributed by atoms with Gasteiger partial charge < -0.3 is 5.73 Å². The van der Waals surface area contributed by atoms with E-state index >= 15 is 0 Å². The molecule has 98 valence electrons. The van der Waals surface area contributed by atoms with E-state index in [1.165, 1.54) is 28.7 Å². The highest BCUT2D eigenvalue weighted by atomic mass is 79.9. The van der Waals surface area contributed by atoms with E-state index in [1.807, 2.05) is 11.3 Å². The zero-order valence-corrected chi connectivity index (χ0v) is 13.3. The summed E-state index contributed by atoms with van der Waals surface area (Å²) in [6, 6.07) is 2.70. The lowest BCUT2D eigenvalue weighted by Crippen LogP contribution is -2.45. The first-order chi connectivity index (χ1) is 7.70. The summed E-state index contributed by atoms with van der Waals surface area (Å²) in [5, 5.41) is 2.14. The van der Waals surface area contributed by atoms with Crippen molar-refractivity contribution >= 4 is 39.7 Å². The first-order valence-electron chi connectivity index (χ1n) is 5.86. The van der Waals surface area contributed by atoms with E-state index in [2.05, 4.69) is 39.2 Å². The highest BCUT2D eigenvalue weighted by molar-refractivity contribution is 9.10. The third kappa shape index (κ3) is 3.93. The van der Waals surface area contributed by atoms with Gasteiger partial charge in [-0.1, -0.05) is 6.92 Å². The number of hydrogen-bond donors (Lipinski definition) is 1. The van der Waals surface area contributed by atoms with Crippen LogP contribution in [0, 0.1) is 5.92 Å². The number of likely N-dealkylation sites (tertiary alicyclic amines) is 1. The van der Waals surface area contributed by atoms with Gasteiger partial charge in [-0.05, 0) is 52.7 Å². The number of rotatable bonds is 3. The molecule has 1 aliphatic heterocycles. The molecule has 2 N–H and O–H groups in total. The molecule has 1 aromatic heterocycles. The average Bonchev–Trinajstić information content (AvgIpc) is 2.67. The summed E-state index contributed by atoms with van der Waals surface area (Å²) in [6.45, 7) is 5.36. The second-order valence-electron chi connectivity index (χ2n) is 4.68. The van der Waals surface area contributed by atoms with Crippen molar-refractivity contribution in [1.29, 1.82) is 0 Å². The summed E-state index contributed by atoms with van der Waals surface area (Å²) in [4.78, 5) is 3.96. The molecule has 2 unspecified atom stereocenters. The fourth-order valence-corrected chi connectivity index (χ4v) is 3.88. The first kappa shape index (κ1) is 15.4. The second kappa shape index (κ2) is 7.10. The number of hydrogen-bond acceptors (Lipinski definition) is 3. The van der Waals surface area contributed by atoms with Crippen molar-refractivity contribution in [2.24, 2.45) is 11.7 Å². The molecule has 0 spiro atoms. The van der Waals surface area contributed by atoms with E-state index in [0.717, 1.165) is 19.0 Å². The van der Waals surface area contributed by atoms with Crippen molar-refractivity contribution in [3.8, 4) is 0 Å². The summed E-state index contributed by atoms with van der Waals surface area (Å²) in [5.41, 5.74) is 5.87. The number of nitrogens with zero attached hydrogens (tertiary/aromatic N) is 1. The summed E-state index contributed by atoms with van der Waals surface area (Å²) in [5.74, 6) is 0.830. The Balaban J connectivity index is 0.00000144. The molecule has 5 heteroatoms. The summed E-state index contributed by atoms with van der Waals surface area (Å²) >= 11 is 5.43. The van der Waals surface area contributed by atoms with Gasteiger partial charge in [0.2, 0.25) is 0 Å². The van der Waals surface area contributed by atoms with Crippen LogP contribution >= 0.6 is 39.7 Å². The summed E-state index contributed by atoms with van der Waals surface area (Å²) in [6.07, 6.45) is 2.55. The Morgan fingerprint density at radius 2 is 2.35 bits per heavy atom. The highest BCUT2D eigenvalue weighted by Gasteiger charge is 2.25. The monoisotopic (exact) mass is 338 g/mol. The van der Waals surface area contributed by atoms with E-state index in [1.54, 1.807) is 0 Å². The predicted octanol–water partition coefficient (Wildman–Crippen LogP) is 3.49. The summed E-state index contributed by atoms with van der Waals surface area (Å²) in [7, 11) is 0. The number of nitrogens with two attached hydrogens (primary N) is 1. The lowest BCUT2D eigenvalue weighted by molar-refractivity contribution is 0.116. The third-order valence-corrected chi connectivity index (χ3v) is 5.32. The van der Waals surface area contributed by atoms with Crippen LogP contribution in [-0.2, 0) is 6.54 Å². The normalized spacial score (nSPS) is 25.6. The molecule has 1 fully saturated rings. The molecule has 1 aromatic rings. The lowest BCUT2D eigenvalue weighted by atomic mass is 9.92. The van der Waals surface area contributed by atoms with Gasteiger partial charge in [-0.15, -0.1) is 23.7 Å². The van der Waals surface area contributed by atoms with Crippen LogP contribution in [0.1, 0.15) is 24.6 Å². The Morgan fingerprint density at radius 3 is 2.94 bits per heavy atom. The third-order valence-electron chi connectivity index (χ3n) is 3.41. The molecular formula is C12H20BrClN2S. The molecule has 0 aromatic carbocycles. The van der Waals surface area contributed by atoms with Gasteiger partial charge in [-0.25, -0.2) is 0 Å². The van der Waals surface area contributed by atoms with Crippen LogP contribution in [0.15, 0.2) is 15.9 Å². The van der Waals surface area contributed by atoms with Crippen molar-refractivity contribution in [1.82, 2.24) is 4.90 Å². The molecule has 0 radical (unpaired) electrons. The van der Waals surface area contributed by atoms with Crippen LogP contribution in [-0.4, -0.2) is 24.0 Å². The Bertz CT molecular complexity index is 345. The van der Waals surface area contributed by atoms with Crippen LogP contribution in [0.3, 0.4) is 0 Å². The largest absolute Gasteiger partial charge is 0.329 e. The zero-order valence-electron chi connectivity index (χ0n) is 10.1. The standard InChI is InChI=1S/C12H19BrN2S.ClH/c1-9-2-4-15(10(6-9)7-14)8-12-11(13)3-5-16-12;/h3,5,9-10H,2,4,6-8,14H2,1H3;1H. The molecule has 2 heterocycles. The highest BCUT2D eigenvalue weighted by Crippen LogP contribution is 2.28. The van der Waals surface area contributed by atoms with Gasteiger partial charge in [0, 0.05) is 28.5 Å². The fourth-order valence-electron chi connectivity index (χ4n) is 2.38. The van der Waals surface area contributed by atoms with Gasteiger partial charge in [0.15, 0.2) is 0 Å². The minimum Gasteiger partial charge on any atom is -0.329 e. The van der Waals surface area contributed by atoms with Gasteiger partial charge in [0.05, 0.1) is 0 Å². The Kier molecular flexibility index (Phi) is 6.45. The predicted molar refractivity (Wildman–Crippen MR) is 80.9 cm³/mol. The molecule has 2 nitrogen and oxygen atoms in total. The van der Waals surface area contributed by atoms with Crippen LogP contribution < -0.4 is 5.73 Å². The molecular weight excluding hydrogens is 320 g/mol. The van der Waals surface area contributed by atoms with E-state index in [9.17, 15) is 0 Å². The number of piperidine rings is 1. The van der Waals surface area contributed by atoms with E-state index in [4.69, 9.17) is 5.73 Å². The van der Waals surface area contributed by atoms with Gasteiger partial charge >= 0.3 is 0 Å². The van der Waals surface area contributed by atoms with E-state index in [-0.39, 0.29) is 12.4 Å². The minimum atomic E-state index is 0. The molecule has 0 bridgehead atoms. The molecule has 1 saturated heterocycles. The van der Waals surface area contributed by atoms with Crippen molar-refractivity contribution in [2.45, 2.75) is 32.4 Å². The maximum Gasteiger partial charge on any atom is 0.0342 e. The molecule has 2 atom stereocenters. The van der Waals surface area contributed by atoms with Crippen LogP contribution in [0.5, 0.6) is 0 Å². The molecule has 0 aliphatic carbocycles. The topological polar surface area (TPSA) is 29.3 Å². The Labute approximate surface area is 122 Å². The minimum absolute atomic E-state index is 0. The molecule has 2 rings (SSSR count). The lowest BCUT2D eigenvalue weighted by Gasteiger charge is -2.37. The zero-order chi connectivity index (χ0) is 11.5. The van der Waals surface area contributed by atoms with E-state index < -0.39 is 0 Å². The molecule has 1 aliphatic rings. The molecule has 0 saturated carbocycles. The van der Waals surface area contributed by atoms with Crippen molar-refractivity contribution in [3.63, 3.8) is 0 Å². The van der Waals surface area contributed by atoms with Crippen molar-refractivity contribution in [3.05, 3.63) is 20.8 Å². The maximum absolute atomic E-state index is 5.87. The quantitative estimate of drug-likeness (QED) is 0.913. The van der Waals surface area contributed by atoms with Gasteiger partial charge in [-0.3, -0.25) is 4.90 Å². The van der Waals surface area contributed by atoms with E-state index in [0.29, 0.717) is 6.04 Å². The van der Waals surface area contributed by atoms with Gasteiger partial charge in [-0.2, -0.15) is 0 Å².